The molecule has 0 bridgehead atoms. The van der Waals surface area contributed by atoms with Crippen molar-refractivity contribution in [2.24, 2.45) is 4.99 Å². The molecule has 33 heavy (non-hydrogen) atoms. The lowest BCUT2D eigenvalue weighted by molar-refractivity contribution is -0.137. The van der Waals surface area contributed by atoms with E-state index in [0.29, 0.717) is 17.9 Å². The summed E-state index contributed by atoms with van der Waals surface area (Å²) < 4.78 is 45.1. The lowest BCUT2D eigenvalue weighted by atomic mass is 9.96. The standard InChI is InChI=1S/C25H23ClF3N3O/c1-15-6-7-17(16(2)10-15)11-19-8-9-30-24(32-19)21-13-23(26)31-14-22(21)33-20-5-3-4-18(12-20)25(27,28)29/h3-7,10,12-14,19H,8-9,11H2,1-2H3,(H,30,32). The molecule has 1 unspecified atom stereocenters. The lowest BCUT2D eigenvalue weighted by Gasteiger charge is -2.26. The summed E-state index contributed by atoms with van der Waals surface area (Å²) in [6, 6.07) is 12.9. The summed E-state index contributed by atoms with van der Waals surface area (Å²) in [5.74, 6) is 0.915. The summed E-state index contributed by atoms with van der Waals surface area (Å²) in [7, 11) is 0. The molecule has 4 rings (SSSR count). The van der Waals surface area contributed by atoms with Crippen molar-refractivity contribution in [2.75, 3.05) is 6.54 Å². The van der Waals surface area contributed by atoms with E-state index in [2.05, 4.69) is 47.3 Å². The molecule has 3 aromatic rings. The molecule has 1 N–H and O–H groups in total. The Kier molecular flexibility index (Phi) is 6.61. The van der Waals surface area contributed by atoms with Crippen LogP contribution in [0.2, 0.25) is 5.15 Å². The first-order valence-electron chi connectivity index (χ1n) is 10.6. The van der Waals surface area contributed by atoms with E-state index >= 15 is 0 Å². The second kappa shape index (κ2) is 9.43. The Labute approximate surface area is 195 Å². The molecular weight excluding hydrogens is 451 g/mol. The molecule has 0 saturated carbocycles. The van der Waals surface area contributed by atoms with Crippen LogP contribution in [0.3, 0.4) is 0 Å². The highest BCUT2D eigenvalue weighted by Gasteiger charge is 2.31. The van der Waals surface area contributed by atoms with Crippen molar-refractivity contribution >= 4 is 17.4 Å². The third kappa shape index (κ3) is 5.66. The van der Waals surface area contributed by atoms with Crippen molar-refractivity contribution in [1.29, 1.82) is 0 Å². The zero-order valence-corrected chi connectivity index (χ0v) is 19.0. The number of nitrogens with zero attached hydrogens (tertiary/aromatic N) is 2. The van der Waals surface area contributed by atoms with Gasteiger partial charge in [-0.05, 0) is 62.1 Å². The van der Waals surface area contributed by atoms with E-state index in [0.717, 1.165) is 25.0 Å². The van der Waals surface area contributed by atoms with Gasteiger partial charge in [0.1, 0.15) is 16.7 Å². The molecule has 0 amide bonds. The van der Waals surface area contributed by atoms with Gasteiger partial charge in [0.05, 0.1) is 17.3 Å². The van der Waals surface area contributed by atoms with Gasteiger partial charge in [0.2, 0.25) is 0 Å². The van der Waals surface area contributed by atoms with E-state index in [1.165, 1.54) is 35.0 Å². The van der Waals surface area contributed by atoms with Gasteiger partial charge in [-0.1, -0.05) is 41.4 Å². The molecule has 2 aromatic carbocycles. The fourth-order valence-corrected chi connectivity index (χ4v) is 4.00. The zero-order valence-electron chi connectivity index (χ0n) is 18.2. The van der Waals surface area contributed by atoms with Crippen molar-refractivity contribution in [3.8, 4) is 11.5 Å². The molecule has 172 valence electrons. The summed E-state index contributed by atoms with van der Waals surface area (Å²) in [4.78, 5) is 8.63. The summed E-state index contributed by atoms with van der Waals surface area (Å²) >= 11 is 6.13. The summed E-state index contributed by atoms with van der Waals surface area (Å²) in [5.41, 5.74) is 3.48. The molecule has 8 heteroatoms. The number of pyridine rings is 1. The largest absolute Gasteiger partial charge is 0.455 e. The Hall–Kier alpha value is -3.06. The van der Waals surface area contributed by atoms with Crippen LogP contribution in [0.5, 0.6) is 11.5 Å². The van der Waals surface area contributed by atoms with E-state index in [-0.39, 0.29) is 22.7 Å². The Morgan fingerprint density at radius 1 is 1.12 bits per heavy atom. The number of aromatic nitrogens is 1. The highest BCUT2D eigenvalue weighted by molar-refractivity contribution is 6.29. The van der Waals surface area contributed by atoms with Gasteiger partial charge in [-0.2, -0.15) is 13.2 Å². The Bertz CT molecular complexity index is 1190. The predicted octanol–water partition coefficient (Wildman–Crippen LogP) is 6.51. The van der Waals surface area contributed by atoms with Crippen molar-refractivity contribution in [2.45, 2.75) is 38.9 Å². The summed E-state index contributed by atoms with van der Waals surface area (Å²) in [6.07, 6.45) is -1.38. The molecule has 0 radical (unpaired) electrons. The van der Waals surface area contributed by atoms with Crippen LogP contribution in [0.15, 0.2) is 59.7 Å². The maximum atomic E-state index is 13.1. The predicted molar refractivity (Wildman–Crippen MR) is 123 cm³/mol. The highest BCUT2D eigenvalue weighted by Crippen LogP contribution is 2.34. The van der Waals surface area contributed by atoms with Crippen molar-refractivity contribution in [3.05, 3.63) is 87.7 Å². The monoisotopic (exact) mass is 473 g/mol. The van der Waals surface area contributed by atoms with Crippen LogP contribution in [-0.2, 0) is 12.6 Å². The molecule has 1 aliphatic rings. The SMILES string of the molecule is Cc1ccc(CC2CCN=C(c3cc(Cl)ncc3Oc3cccc(C(F)(F)F)c3)N2)c(C)c1. The van der Waals surface area contributed by atoms with Gasteiger partial charge in [-0.3, -0.25) is 4.99 Å². The van der Waals surface area contributed by atoms with E-state index in [4.69, 9.17) is 16.3 Å². The normalized spacial score (nSPS) is 16.2. The molecule has 2 heterocycles. The molecule has 0 saturated heterocycles. The van der Waals surface area contributed by atoms with Crippen LogP contribution >= 0.6 is 11.6 Å². The van der Waals surface area contributed by atoms with Crippen LogP contribution in [0.25, 0.3) is 0 Å². The Morgan fingerprint density at radius 2 is 1.94 bits per heavy atom. The van der Waals surface area contributed by atoms with Gasteiger partial charge in [-0.15, -0.1) is 0 Å². The molecule has 4 nitrogen and oxygen atoms in total. The minimum atomic E-state index is -4.46. The number of hydrogen-bond donors (Lipinski definition) is 1. The fraction of sp³-hybridized carbons (Fsp3) is 0.280. The molecular formula is C25H23ClF3N3O. The average Bonchev–Trinajstić information content (AvgIpc) is 2.77. The van der Waals surface area contributed by atoms with E-state index in [9.17, 15) is 13.2 Å². The van der Waals surface area contributed by atoms with Crippen molar-refractivity contribution in [3.63, 3.8) is 0 Å². The Morgan fingerprint density at radius 3 is 2.70 bits per heavy atom. The number of benzene rings is 2. The smallest absolute Gasteiger partial charge is 0.416 e. The van der Waals surface area contributed by atoms with Gasteiger partial charge < -0.3 is 10.1 Å². The number of ether oxygens (including phenoxy) is 1. The second-order valence-electron chi connectivity index (χ2n) is 8.13. The minimum absolute atomic E-state index is 0.0541. The van der Waals surface area contributed by atoms with E-state index in [1.807, 2.05) is 0 Å². The maximum Gasteiger partial charge on any atom is 0.416 e. The number of amidine groups is 1. The molecule has 1 aliphatic heterocycles. The summed E-state index contributed by atoms with van der Waals surface area (Å²) in [5, 5.41) is 3.69. The Balaban J connectivity index is 1.58. The number of halogens is 4. The van der Waals surface area contributed by atoms with Gasteiger partial charge in [-0.25, -0.2) is 4.98 Å². The van der Waals surface area contributed by atoms with Gasteiger partial charge in [0.15, 0.2) is 5.75 Å². The van der Waals surface area contributed by atoms with E-state index in [1.54, 1.807) is 6.07 Å². The number of aryl methyl sites for hydroxylation is 2. The van der Waals surface area contributed by atoms with Gasteiger partial charge >= 0.3 is 6.18 Å². The molecule has 0 aliphatic carbocycles. The number of hydrogen-bond acceptors (Lipinski definition) is 4. The van der Waals surface area contributed by atoms with Crippen molar-refractivity contribution < 1.29 is 17.9 Å². The number of alkyl halides is 3. The highest BCUT2D eigenvalue weighted by atomic mass is 35.5. The quantitative estimate of drug-likeness (QED) is 0.429. The zero-order chi connectivity index (χ0) is 23.6. The summed E-state index contributed by atoms with van der Waals surface area (Å²) in [6.45, 7) is 4.78. The fourth-order valence-electron chi connectivity index (χ4n) is 3.85. The topological polar surface area (TPSA) is 46.5 Å². The number of rotatable bonds is 5. The molecule has 1 aromatic heterocycles. The van der Waals surface area contributed by atoms with Crippen LogP contribution in [0, 0.1) is 13.8 Å². The van der Waals surface area contributed by atoms with Crippen molar-refractivity contribution in [1.82, 2.24) is 10.3 Å². The van der Waals surface area contributed by atoms with Crippen LogP contribution in [0.4, 0.5) is 13.2 Å². The molecule has 0 spiro atoms. The van der Waals surface area contributed by atoms with Crippen LogP contribution in [0.1, 0.15) is 34.2 Å². The van der Waals surface area contributed by atoms with Crippen LogP contribution in [-0.4, -0.2) is 23.4 Å². The first-order valence-corrected chi connectivity index (χ1v) is 10.9. The van der Waals surface area contributed by atoms with Gasteiger partial charge in [0.25, 0.3) is 0 Å². The van der Waals surface area contributed by atoms with Gasteiger partial charge in [0, 0.05) is 12.6 Å². The van der Waals surface area contributed by atoms with E-state index < -0.39 is 11.7 Å². The first kappa shape index (κ1) is 23.1. The number of aliphatic imine (C=N–C) groups is 1. The average molecular weight is 474 g/mol. The third-order valence-corrected chi connectivity index (χ3v) is 5.74. The molecule has 0 fully saturated rings. The third-order valence-electron chi connectivity index (χ3n) is 5.53. The second-order valence-corrected chi connectivity index (χ2v) is 8.51. The minimum Gasteiger partial charge on any atom is -0.455 e. The first-order chi connectivity index (χ1) is 15.7. The number of nitrogens with one attached hydrogen (secondary N) is 1. The lowest BCUT2D eigenvalue weighted by Crippen LogP contribution is -2.41. The maximum absolute atomic E-state index is 13.1. The molecule has 1 atom stereocenters. The van der Waals surface area contributed by atoms with Crippen LogP contribution < -0.4 is 10.1 Å².